The van der Waals surface area contributed by atoms with Crippen molar-refractivity contribution in [2.24, 2.45) is 0 Å². The number of nitrogens with one attached hydrogen (secondary N) is 3. The number of halogens is 1. The Morgan fingerprint density at radius 3 is 2.57 bits per heavy atom. The molecule has 1 aliphatic carbocycles. The van der Waals surface area contributed by atoms with Crippen molar-refractivity contribution in [3.05, 3.63) is 70.3 Å². The van der Waals surface area contributed by atoms with Crippen LogP contribution in [0.25, 0.3) is 10.9 Å². The molecule has 0 saturated heterocycles. The van der Waals surface area contributed by atoms with Crippen LogP contribution in [0.2, 0.25) is 0 Å². The van der Waals surface area contributed by atoms with Crippen LogP contribution in [-0.2, 0) is 10.0 Å². The molecule has 0 radical (unpaired) electrons. The van der Waals surface area contributed by atoms with Crippen LogP contribution >= 0.6 is 0 Å². The maximum absolute atomic E-state index is 13.8. The van der Waals surface area contributed by atoms with Crippen molar-refractivity contribution in [3.63, 3.8) is 0 Å². The number of hydrogen-bond donors (Lipinski definition) is 3. The lowest BCUT2D eigenvalue weighted by molar-refractivity contribution is 0.0936. The molecular weight excluding hydrogens is 409 g/mol. The van der Waals surface area contributed by atoms with E-state index in [1.807, 2.05) is 0 Å². The van der Waals surface area contributed by atoms with Crippen LogP contribution in [-0.4, -0.2) is 25.4 Å². The number of amides is 1. The van der Waals surface area contributed by atoms with Gasteiger partial charge in [0.1, 0.15) is 11.4 Å². The van der Waals surface area contributed by atoms with E-state index in [9.17, 15) is 22.4 Å². The highest BCUT2D eigenvalue weighted by Gasteiger charge is 2.22. The summed E-state index contributed by atoms with van der Waals surface area (Å²) in [7, 11) is -4.14. The minimum Gasteiger partial charge on any atom is -0.360 e. The molecule has 3 aromatic rings. The molecular formula is C21H20FN3O4S. The summed E-state index contributed by atoms with van der Waals surface area (Å²) in [5.74, 6) is -1.20. The van der Waals surface area contributed by atoms with E-state index >= 15 is 0 Å². The Kier molecular flexibility index (Phi) is 5.29. The lowest BCUT2D eigenvalue weighted by atomic mass is 10.1. The van der Waals surface area contributed by atoms with E-state index in [0.717, 1.165) is 31.7 Å². The second kappa shape index (κ2) is 7.91. The van der Waals surface area contributed by atoms with Crippen molar-refractivity contribution < 1.29 is 17.6 Å². The third-order valence-electron chi connectivity index (χ3n) is 5.22. The van der Waals surface area contributed by atoms with Gasteiger partial charge in [0.2, 0.25) is 5.43 Å². The maximum atomic E-state index is 13.8. The van der Waals surface area contributed by atoms with Crippen LogP contribution in [0.4, 0.5) is 10.1 Å². The monoisotopic (exact) mass is 429 g/mol. The smallest absolute Gasteiger partial charge is 0.262 e. The van der Waals surface area contributed by atoms with Crippen molar-refractivity contribution in [1.29, 1.82) is 0 Å². The highest BCUT2D eigenvalue weighted by molar-refractivity contribution is 7.92. The Hall–Kier alpha value is -3.20. The molecule has 1 fully saturated rings. The lowest BCUT2D eigenvalue weighted by Gasteiger charge is -2.12. The van der Waals surface area contributed by atoms with Crippen LogP contribution in [0.1, 0.15) is 36.0 Å². The Labute approximate surface area is 172 Å². The third kappa shape index (κ3) is 3.93. The summed E-state index contributed by atoms with van der Waals surface area (Å²) in [5.41, 5.74) is -0.452. The molecule has 0 bridgehead atoms. The maximum Gasteiger partial charge on any atom is 0.262 e. The summed E-state index contributed by atoms with van der Waals surface area (Å²) >= 11 is 0. The van der Waals surface area contributed by atoms with Crippen molar-refractivity contribution in [2.75, 3.05) is 4.72 Å². The molecule has 7 nitrogen and oxygen atoms in total. The zero-order chi connectivity index (χ0) is 21.3. The first-order valence-electron chi connectivity index (χ1n) is 9.59. The Morgan fingerprint density at radius 2 is 1.83 bits per heavy atom. The fourth-order valence-electron chi connectivity index (χ4n) is 3.61. The molecule has 4 rings (SSSR count). The predicted octanol–water partition coefficient (Wildman–Crippen LogP) is 3.14. The molecule has 9 heteroatoms. The van der Waals surface area contributed by atoms with Gasteiger partial charge in [-0.25, -0.2) is 12.8 Å². The summed E-state index contributed by atoms with van der Waals surface area (Å²) in [5, 5.41) is 2.91. The zero-order valence-electron chi connectivity index (χ0n) is 15.9. The Morgan fingerprint density at radius 1 is 1.10 bits per heavy atom. The molecule has 0 unspecified atom stereocenters. The molecule has 1 saturated carbocycles. The van der Waals surface area contributed by atoms with Gasteiger partial charge in [-0.15, -0.1) is 0 Å². The number of carbonyl (C=O) groups is 1. The number of sulfonamides is 1. The minimum atomic E-state index is -4.14. The van der Waals surface area contributed by atoms with Gasteiger partial charge in [0.15, 0.2) is 0 Å². The highest BCUT2D eigenvalue weighted by Crippen LogP contribution is 2.21. The zero-order valence-corrected chi connectivity index (χ0v) is 16.8. The summed E-state index contributed by atoms with van der Waals surface area (Å²) in [4.78, 5) is 28.1. The van der Waals surface area contributed by atoms with Gasteiger partial charge < -0.3 is 10.3 Å². The van der Waals surface area contributed by atoms with Crippen LogP contribution in [0.15, 0.2) is 58.4 Å². The molecule has 2 aromatic carbocycles. The average Bonchev–Trinajstić information content (AvgIpc) is 3.22. The molecule has 156 valence electrons. The molecule has 1 amide bonds. The number of H-pyrrole nitrogens is 1. The first-order valence-corrected chi connectivity index (χ1v) is 11.1. The van der Waals surface area contributed by atoms with Crippen LogP contribution in [0.5, 0.6) is 0 Å². The number of rotatable bonds is 5. The van der Waals surface area contributed by atoms with Gasteiger partial charge in [-0.3, -0.25) is 14.3 Å². The van der Waals surface area contributed by atoms with Crippen LogP contribution < -0.4 is 15.5 Å². The quantitative estimate of drug-likeness (QED) is 0.579. The fraction of sp³-hybridized carbons (Fsp3) is 0.238. The van der Waals surface area contributed by atoms with Crippen LogP contribution in [0.3, 0.4) is 0 Å². The molecule has 0 atom stereocenters. The molecule has 1 heterocycles. The number of pyridine rings is 1. The minimum absolute atomic E-state index is 0.0456. The second-order valence-corrected chi connectivity index (χ2v) is 8.96. The van der Waals surface area contributed by atoms with E-state index in [1.54, 1.807) is 0 Å². The van der Waals surface area contributed by atoms with E-state index in [4.69, 9.17) is 0 Å². The number of anilines is 1. The van der Waals surface area contributed by atoms with Gasteiger partial charge >= 0.3 is 0 Å². The summed E-state index contributed by atoms with van der Waals surface area (Å²) in [6.07, 6.45) is 5.16. The number of fused-ring (bicyclic) bond motifs is 1. The molecule has 30 heavy (non-hydrogen) atoms. The van der Waals surface area contributed by atoms with Gasteiger partial charge in [0, 0.05) is 23.1 Å². The van der Waals surface area contributed by atoms with Gasteiger partial charge in [0.25, 0.3) is 15.9 Å². The predicted molar refractivity (Wildman–Crippen MR) is 111 cm³/mol. The highest BCUT2D eigenvalue weighted by atomic mass is 32.2. The fourth-order valence-corrected chi connectivity index (χ4v) is 4.71. The van der Waals surface area contributed by atoms with Gasteiger partial charge in [-0.1, -0.05) is 25.0 Å². The first-order chi connectivity index (χ1) is 14.3. The summed E-state index contributed by atoms with van der Waals surface area (Å²) in [6, 6.07) is 9.35. The van der Waals surface area contributed by atoms with Crippen molar-refractivity contribution in [3.8, 4) is 0 Å². The number of benzene rings is 2. The van der Waals surface area contributed by atoms with E-state index in [2.05, 4.69) is 15.0 Å². The molecule has 1 aliphatic rings. The third-order valence-corrected chi connectivity index (χ3v) is 6.58. The number of carbonyl (C=O) groups excluding carboxylic acids is 1. The number of aromatic amines is 1. The molecule has 0 spiro atoms. The number of aromatic nitrogens is 1. The summed E-state index contributed by atoms with van der Waals surface area (Å²) < 4.78 is 41.4. The number of hydrogen-bond acceptors (Lipinski definition) is 4. The normalized spacial score (nSPS) is 14.7. The van der Waals surface area contributed by atoms with Gasteiger partial charge in [0.05, 0.1) is 10.6 Å². The van der Waals surface area contributed by atoms with Gasteiger partial charge in [-0.05, 0) is 43.2 Å². The number of para-hydroxylation sites is 1. The first kappa shape index (κ1) is 20.1. The van der Waals surface area contributed by atoms with Crippen molar-refractivity contribution in [2.45, 2.75) is 36.6 Å². The van der Waals surface area contributed by atoms with E-state index < -0.39 is 27.2 Å². The molecule has 1 aromatic heterocycles. The average molecular weight is 429 g/mol. The topological polar surface area (TPSA) is 108 Å². The van der Waals surface area contributed by atoms with Crippen molar-refractivity contribution >= 4 is 32.5 Å². The van der Waals surface area contributed by atoms with Gasteiger partial charge in [-0.2, -0.15) is 0 Å². The Bertz CT molecular complexity index is 1280. The molecule has 0 aliphatic heterocycles. The SMILES string of the molecule is O=C(NC1CCCC1)c1c[nH]c2ccc(S(=O)(=O)Nc3ccccc3F)cc2c1=O. The van der Waals surface area contributed by atoms with E-state index in [1.165, 1.54) is 42.6 Å². The largest absolute Gasteiger partial charge is 0.360 e. The molecule has 3 N–H and O–H groups in total. The van der Waals surface area contributed by atoms with E-state index in [0.29, 0.717) is 5.52 Å². The summed E-state index contributed by atoms with van der Waals surface area (Å²) in [6.45, 7) is 0. The second-order valence-electron chi connectivity index (χ2n) is 7.28. The van der Waals surface area contributed by atoms with E-state index in [-0.39, 0.29) is 27.6 Å². The Balaban J connectivity index is 1.69. The van der Waals surface area contributed by atoms with Crippen LogP contribution in [0, 0.1) is 5.82 Å². The standard InChI is InChI=1S/C21H20FN3O4S/c22-17-7-3-4-8-19(17)25-30(28,29)14-9-10-18-15(11-14)20(26)16(12-23-18)21(27)24-13-5-1-2-6-13/h3-4,7-13,25H,1-2,5-6H2,(H,23,26)(H,24,27). The van der Waals surface area contributed by atoms with Crippen molar-refractivity contribution in [1.82, 2.24) is 10.3 Å². The lowest BCUT2D eigenvalue weighted by Crippen LogP contribution is -2.35.